The van der Waals surface area contributed by atoms with Gasteiger partial charge in [0.05, 0.1) is 0 Å². The maximum Gasteiger partial charge on any atom is 0.500 e. The lowest BCUT2D eigenvalue weighted by atomic mass is 10.4. The van der Waals surface area contributed by atoms with Gasteiger partial charge in [0.1, 0.15) is 0 Å². The molecule has 108 valence electrons. The molecule has 0 heterocycles. The van der Waals surface area contributed by atoms with Gasteiger partial charge in [-0.1, -0.05) is 0 Å². The highest BCUT2D eigenvalue weighted by molar-refractivity contribution is 7.99. The van der Waals surface area contributed by atoms with Crippen LogP contribution in [0.5, 0.6) is 0 Å². The molecule has 0 saturated heterocycles. The number of rotatable bonds is 10. The van der Waals surface area contributed by atoms with Gasteiger partial charge in [0.15, 0.2) is 0 Å². The zero-order valence-corrected chi connectivity index (χ0v) is 13.8. The molecule has 0 aliphatic carbocycles. The van der Waals surface area contributed by atoms with Crippen molar-refractivity contribution in [3.63, 3.8) is 0 Å². The molecule has 0 fully saturated rings. The standard InChI is InChI=1S/C11H25NO4SSi/c1-10(12-11(2)13)9-17-7-6-8-18(14-3,15-4)16-5/h10H,6-9H2,1-5H3,(H,12,13). The Labute approximate surface area is 115 Å². The molecule has 0 aromatic carbocycles. The molecule has 0 spiro atoms. The van der Waals surface area contributed by atoms with Crippen LogP contribution in [0, 0.1) is 0 Å². The zero-order chi connectivity index (χ0) is 14.0. The number of hydrogen-bond acceptors (Lipinski definition) is 5. The van der Waals surface area contributed by atoms with Gasteiger partial charge in [0, 0.05) is 46.1 Å². The molecule has 5 nitrogen and oxygen atoms in total. The number of amides is 1. The Balaban J connectivity index is 3.69. The van der Waals surface area contributed by atoms with Gasteiger partial charge in [0.2, 0.25) is 5.91 Å². The van der Waals surface area contributed by atoms with E-state index in [1.807, 2.05) is 18.7 Å². The minimum atomic E-state index is -2.40. The van der Waals surface area contributed by atoms with Crippen LogP contribution in [0.4, 0.5) is 0 Å². The zero-order valence-electron chi connectivity index (χ0n) is 11.9. The molecule has 0 aliphatic rings. The molecule has 0 radical (unpaired) electrons. The van der Waals surface area contributed by atoms with Crippen molar-refractivity contribution in [1.82, 2.24) is 5.32 Å². The van der Waals surface area contributed by atoms with Crippen LogP contribution in [0.3, 0.4) is 0 Å². The Kier molecular flexibility index (Phi) is 9.75. The number of carbonyl (C=O) groups excluding carboxylic acids is 1. The highest BCUT2D eigenvalue weighted by Gasteiger charge is 2.36. The fourth-order valence-electron chi connectivity index (χ4n) is 1.60. The lowest BCUT2D eigenvalue weighted by Crippen LogP contribution is -2.42. The third-order valence-corrected chi connectivity index (χ3v) is 6.67. The number of carbonyl (C=O) groups is 1. The van der Waals surface area contributed by atoms with Crippen LogP contribution in [0.15, 0.2) is 0 Å². The lowest BCUT2D eigenvalue weighted by Gasteiger charge is -2.24. The average Bonchev–Trinajstić information content (AvgIpc) is 2.33. The van der Waals surface area contributed by atoms with Crippen molar-refractivity contribution in [1.29, 1.82) is 0 Å². The summed E-state index contributed by atoms with van der Waals surface area (Å²) in [6.45, 7) is 3.55. The molecule has 0 aromatic rings. The van der Waals surface area contributed by atoms with Gasteiger partial charge in [-0.2, -0.15) is 11.8 Å². The van der Waals surface area contributed by atoms with Crippen molar-refractivity contribution in [3.8, 4) is 0 Å². The second kappa shape index (κ2) is 9.80. The minimum Gasteiger partial charge on any atom is -0.377 e. The average molecular weight is 295 g/mol. The van der Waals surface area contributed by atoms with E-state index < -0.39 is 8.80 Å². The Morgan fingerprint density at radius 3 is 2.28 bits per heavy atom. The number of nitrogens with one attached hydrogen (secondary N) is 1. The van der Waals surface area contributed by atoms with E-state index in [0.717, 1.165) is 24.0 Å². The Bertz CT molecular complexity index is 231. The maximum atomic E-state index is 10.8. The van der Waals surface area contributed by atoms with Gasteiger partial charge >= 0.3 is 8.80 Å². The summed E-state index contributed by atoms with van der Waals surface area (Å²) in [6.07, 6.45) is 0.985. The van der Waals surface area contributed by atoms with Gasteiger partial charge in [-0.05, 0) is 19.1 Å². The molecule has 0 bridgehead atoms. The van der Waals surface area contributed by atoms with E-state index in [0.29, 0.717) is 0 Å². The largest absolute Gasteiger partial charge is 0.500 e. The third kappa shape index (κ3) is 7.37. The van der Waals surface area contributed by atoms with Crippen molar-refractivity contribution in [2.75, 3.05) is 32.8 Å². The van der Waals surface area contributed by atoms with Crippen LogP contribution in [-0.4, -0.2) is 53.6 Å². The maximum absolute atomic E-state index is 10.8. The predicted octanol–water partition coefficient (Wildman–Crippen LogP) is 1.51. The first-order chi connectivity index (χ1) is 8.49. The number of hydrogen-bond donors (Lipinski definition) is 1. The van der Waals surface area contributed by atoms with Crippen LogP contribution in [-0.2, 0) is 18.1 Å². The fourth-order valence-corrected chi connectivity index (χ4v) is 4.53. The van der Waals surface area contributed by atoms with Gasteiger partial charge in [0.25, 0.3) is 0 Å². The van der Waals surface area contributed by atoms with Crippen LogP contribution < -0.4 is 5.32 Å². The molecular weight excluding hydrogens is 270 g/mol. The van der Waals surface area contributed by atoms with E-state index in [-0.39, 0.29) is 11.9 Å². The van der Waals surface area contributed by atoms with E-state index in [2.05, 4.69) is 5.32 Å². The monoisotopic (exact) mass is 295 g/mol. The summed E-state index contributed by atoms with van der Waals surface area (Å²) in [7, 11) is 2.49. The molecule has 0 aliphatic heterocycles. The van der Waals surface area contributed by atoms with Gasteiger partial charge in [-0.25, -0.2) is 0 Å². The summed E-state index contributed by atoms with van der Waals surface area (Å²) in [5.41, 5.74) is 0. The molecule has 7 heteroatoms. The second-order valence-corrected chi connectivity index (χ2v) is 8.32. The first kappa shape index (κ1) is 17.9. The van der Waals surface area contributed by atoms with Crippen molar-refractivity contribution >= 4 is 26.5 Å². The van der Waals surface area contributed by atoms with Crippen LogP contribution >= 0.6 is 11.8 Å². The van der Waals surface area contributed by atoms with E-state index >= 15 is 0 Å². The molecule has 18 heavy (non-hydrogen) atoms. The molecular formula is C11H25NO4SSi. The summed E-state index contributed by atoms with van der Waals surface area (Å²) >= 11 is 1.82. The molecule has 0 rings (SSSR count). The summed E-state index contributed by atoms with van der Waals surface area (Å²) in [5, 5.41) is 2.86. The normalized spacial score (nSPS) is 13.4. The summed E-state index contributed by atoms with van der Waals surface area (Å²) in [5.74, 6) is 1.95. The first-order valence-corrected chi connectivity index (χ1v) is 9.08. The Morgan fingerprint density at radius 2 is 1.83 bits per heavy atom. The fraction of sp³-hybridized carbons (Fsp3) is 0.909. The van der Waals surface area contributed by atoms with Crippen LogP contribution in [0.2, 0.25) is 6.04 Å². The third-order valence-electron chi connectivity index (χ3n) is 2.52. The summed E-state index contributed by atoms with van der Waals surface area (Å²) < 4.78 is 16.0. The quantitative estimate of drug-likeness (QED) is 0.489. The van der Waals surface area contributed by atoms with Crippen LogP contribution in [0.25, 0.3) is 0 Å². The van der Waals surface area contributed by atoms with E-state index in [1.54, 1.807) is 21.3 Å². The Hall–Kier alpha value is -0.0831. The minimum absolute atomic E-state index is 0.0210. The topological polar surface area (TPSA) is 56.8 Å². The van der Waals surface area contributed by atoms with E-state index in [9.17, 15) is 4.79 Å². The molecule has 0 aromatic heterocycles. The second-order valence-electron chi connectivity index (χ2n) is 4.08. The van der Waals surface area contributed by atoms with Crippen molar-refractivity contribution in [3.05, 3.63) is 0 Å². The lowest BCUT2D eigenvalue weighted by molar-refractivity contribution is -0.119. The summed E-state index contributed by atoms with van der Waals surface area (Å²) in [6, 6.07) is 1.03. The van der Waals surface area contributed by atoms with Gasteiger partial charge in [-0.15, -0.1) is 0 Å². The summed E-state index contributed by atoms with van der Waals surface area (Å²) in [4.78, 5) is 10.8. The smallest absolute Gasteiger partial charge is 0.377 e. The van der Waals surface area contributed by atoms with E-state index in [4.69, 9.17) is 13.3 Å². The van der Waals surface area contributed by atoms with E-state index in [1.165, 1.54) is 6.92 Å². The molecule has 1 atom stereocenters. The first-order valence-electron chi connectivity index (χ1n) is 6.00. The highest BCUT2D eigenvalue weighted by Crippen LogP contribution is 2.17. The Morgan fingerprint density at radius 1 is 1.28 bits per heavy atom. The highest BCUT2D eigenvalue weighted by atomic mass is 32.2. The molecule has 0 saturated carbocycles. The SMILES string of the molecule is CO[Si](CCCSCC(C)NC(C)=O)(OC)OC. The van der Waals surface area contributed by atoms with Crippen molar-refractivity contribution in [2.24, 2.45) is 0 Å². The molecule has 1 amide bonds. The predicted molar refractivity (Wildman–Crippen MR) is 76.8 cm³/mol. The van der Waals surface area contributed by atoms with Crippen LogP contribution in [0.1, 0.15) is 20.3 Å². The van der Waals surface area contributed by atoms with Gasteiger partial charge in [-0.3, -0.25) is 4.79 Å². The van der Waals surface area contributed by atoms with Gasteiger partial charge < -0.3 is 18.6 Å². The van der Waals surface area contributed by atoms with Crippen molar-refractivity contribution < 1.29 is 18.1 Å². The van der Waals surface area contributed by atoms with Crippen molar-refractivity contribution in [2.45, 2.75) is 32.4 Å². The molecule has 1 N–H and O–H groups in total. The molecule has 1 unspecified atom stereocenters. The number of thioether (sulfide) groups is 1.